The number of carbonyl (C=O) groups excluding carboxylic acids is 2. The maximum absolute atomic E-state index is 11.9. The molecule has 7 heteroatoms. The largest absolute Gasteiger partial charge is 0.353 e. The van der Waals surface area contributed by atoms with Crippen LogP contribution in [0.1, 0.15) is 15.4 Å². The summed E-state index contributed by atoms with van der Waals surface area (Å²) < 4.78 is 3.70. The first kappa shape index (κ1) is 10.0. The van der Waals surface area contributed by atoms with Gasteiger partial charge in [-0.15, -0.1) is 5.10 Å². The molecule has 0 saturated carbocycles. The second kappa shape index (κ2) is 3.93. The summed E-state index contributed by atoms with van der Waals surface area (Å²) in [5.41, 5.74) is 0.621. The van der Waals surface area contributed by atoms with Crippen LogP contribution < -0.4 is 5.32 Å². The Hall–Kier alpha value is -1.50. The van der Waals surface area contributed by atoms with Crippen LogP contribution >= 0.6 is 11.5 Å². The smallest absolute Gasteiger partial charge is 0.268 e. The number of rotatable bonds is 1. The summed E-state index contributed by atoms with van der Waals surface area (Å²) in [7, 11) is 0. The first-order valence-corrected chi connectivity index (χ1v) is 5.31. The van der Waals surface area contributed by atoms with Crippen LogP contribution in [-0.4, -0.2) is 45.9 Å². The molecule has 1 saturated heterocycles. The zero-order valence-electron chi connectivity index (χ0n) is 8.19. The van der Waals surface area contributed by atoms with E-state index in [4.69, 9.17) is 0 Å². The van der Waals surface area contributed by atoms with Gasteiger partial charge in [0, 0.05) is 13.1 Å². The van der Waals surface area contributed by atoms with Crippen molar-refractivity contribution in [2.75, 3.05) is 19.6 Å². The second-order valence-electron chi connectivity index (χ2n) is 3.26. The highest BCUT2D eigenvalue weighted by Crippen LogP contribution is 2.13. The van der Waals surface area contributed by atoms with E-state index in [9.17, 15) is 9.59 Å². The molecule has 1 fully saturated rings. The van der Waals surface area contributed by atoms with Crippen molar-refractivity contribution in [1.29, 1.82) is 0 Å². The van der Waals surface area contributed by atoms with Gasteiger partial charge in [0.1, 0.15) is 4.88 Å². The Kier molecular flexibility index (Phi) is 2.63. The lowest BCUT2D eigenvalue weighted by atomic mass is 10.3. The molecule has 2 amide bonds. The molecule has 0 radical (unpaired) electrons. The zero-order valence-corrected chi connectivity index (χ0v) is 9.00. The Morgan fingerprint density at radius 3 is 3.00 bits per heavy atom. The van der Waals surface area contributed by atoms with Crippen molar-refractivity contribution in [1.82, 2.24) is 19.8 Å². The number of nitrogens with zero attached hydrogens (tertiary/aromatic N) is 3. The maximum atomic E-state index is 11.9. The summed E-state index contributed by atoms with van der Waals surface area (Å²) in [6, 6.07) is 0. The first-order chi connectivity index (χ1) is 7.18. The molecule has 1 aromatic rings. The van der Waals surface area contributed by atoms with Crippen molar-refractivity contribution in [2.24, 2.45) is 0 Å². The molecule has 1 aliphatic rings. The Labute approximate surface area is 90.4 Å². The van der Waals surface area contributed by atoms with Crippen LogP contribution in [0.4, 0.5) is 0 Å². The molecule has 1 aromatic heterocycles. The van der Waals surface area contributed by atoms with Gasteiger partial charge in [-0.2, -0.15) is 0 Å². The molecule has 0 unspecified atom stereocenters. The van der Waals surface area contributed by atoms with Gasteiger partial charge < -0.3 is 10.2 Å². The number of hydrogen-bond acceptors (Lipinski definition) is 5. The predicted molar refractivity (Wildman–Crippen MR) is 53.6 cm³/mol. The van der Waals surface area contributed by atoms with E-state index < -0.39 is 0 Å². The molecule has 2 heterocycles. The van der Waals surface area contributed by atoms with Crippen LogP contribution in [0.15, 0.2) is 0 Å². The molecular weight excluding hydrogens is 216 g/mol. The third kappa shape index (κ3) is 1.96. The van der Waals surface area contributed by atoms with E-state index in [0.717, 1.165) is 11.5 Å². The van der Waals surface area contributed by atoms with E-state index >= 15 is 0 Å². The van der Waals surface area contributed by atoms with Crippen LogP contribution in [0.2, 0.25) is 0 Å². The van der Waals surface area contributed by atoms with Crippen LogP contribution in [0.3, 0.4) is 0 Å². The van der Waals surface area contributed by atoms with Crippen molar-refractivity contribution in [3.8, 4) is 0 Å². The highest BCUT2D eigenvalue weighted by Gasteiger charge is 2.24. The highest BCUT2D eigenvalue weighted by molar-refractivity contribution is 7.07. The summed E-state index contributed by atoms with van der Waals surface area (Å²) in [5, 5.41) is 6.44. The summed E-state index contributed by atoms with van der Waals surface area (Å²) in [5.74, 6) is -0.276. The van der Waals surface area contributed by atoms with Crippen molar-refractivity contribution in [3.63, 3.8) is 0 Å². The number of nitrogens with one attached hydrogen (secondary N) is 1. The standard InChI is InChI=1S/C8H10N4O2S/c1-5-7(15-11-10-5)8(14)12-3-2-9-6(13)4-12/h2-4H2,1H3,(H,9,13). The van der Waals surface area contributed by atoms with E-state index in [1.165, 1.54) is 4.90 Å². The molecule has 80 valence electrons. The molecule has 1 N–H and O–H groups in total. The van der Waals surface area contributed by atoms with Gasteiger partial charge in [0.25, 0.3) is 5.91 Å². The molecule has 1 aliphatic heterocycles. The number of piperazine rings is 1. The third-order valence-corrected chi connectivity index (χ3v) is 2.99. The van der Waals surface area contributed by atoms with Gasteiger partial charge in [0.05, 0.1) is 12.2 Å². The fourth-order valence-corrected chi connectivity index (χ4v) is 2.01. The fraction of sp³-hybridized carbons (Fsp3) is 0.500. The zero-order chi connectivity index (χ0) is 10.8. The van der Waals surface area contributed by atoms with Crippen LogP contribution in [0, 0.1) is 6.92 Å². The number of carbonyl (C=O) groups is 2. The number of aryl methyl sites for hydroxylation is 1. The second-order valence-corrected chi connectivity index (χ2v) is 4.02. The lowest BCUT2D eigenvalue weighted by Gasteiger charge is -2.25. The van der Waals surface area contributed by atoms with E-state index in [0.29, 0.717) is 23.7 Å². The van der Waals surface area contributed by atoms with Gasteiger partial charge >= 0.3 is 0 Å². The van der Waals surface area contributed by atoms with Gasteiger partial charge in [0.2, 0.25) is 5.91 Å². The molecular formula is C8H10N4O2S. The third-order valence-electron chi connectivity index (χ3n) is 2.17. The first-order valence-electron chi connectivity index (χ1n) is 4.53. The number of aromatic nitrogens is 2. The molecule has 6 nitrogen and oxygen atoms in total. The molecule has 2 rings (SSSR count). The molecule has 0 aliphatic carbocycles. The Bertz CT molecular complexity index is 403. The van der Waals surface area contributed by atoms with Gasteiger partial charge in [-0.3, -0.25) is 9.59 Å². The molecule has 0 aromatic carbocycles. The maximum Gasteiger partial charge on any atom is 0.268 e. The van der Waals surface area contributed by atoms with Crippen LogP contribution in [-0.2, 0) is 4.79 Å². The van der Waals surface area contributed by atoms with Gasteiger partial charge in [-0.25, -0.2) is 0 Å². The summed E-state index contributed by atoms with van der Waals surface area (Å²) in [6.45, 7) is 2.91. The van der Waals surface area contributed by atoms with E-state index in [1.807, 2.05) is 0 Å². The van der Waals surface area contributed by atoms with E-state index in [2.05, 4.69) is 14.9 Å². The Morgan fingerprint density at radius 2 is 2.40 bits per heavy atom. The lowest BCUT2D eigenvalue weighted by molar-refractivity contribution is -0.123. The average molecular weight is 226 g/mol. The van der Waals surface area contributed by atoms with Crippen molar-refractivity contribution in [3.05, 3.63) is 10.6 Å². The fourth-order valence-electron chi connectivity index (χ4n) is 1.38. The molecule has 15 heavy (non-hydrogen) atoms. The topological polar surface area (TPSA) is 75.2 Å². The normalized spacial score (nSPS) is 16.3. The minimum absolute atomic E-state index is 0.121. The minimum atomic E-state index is -0.155. The van der Waals surface area contributed by atoms with E-state index in [1.54, 1.807) is 6.92 Å². The van der Waals surface area contributed by atoms with Gasteiger partial charge in [0.15, 0.2) is 0 Å². The van der Waals surface area contributed by atoms with Crippen molar-refractivity contribution in [2.45, 2.75) is 6.92 Å². The van der Waals surface area contributed by atoms with Crippen molar-refractivity contribution < 1.29 is 9.59 Å². The average Bonchev–Trinajstić information content (AvgIpc) is 2.63. The van der Waals surface area contributed by atoms with Crippen LogP contribution in [0.5, 0.6) is 0 Å². The highest BCUT2D eigenvalue weighted by atomic mass is 32.1. The predicted octanol–water partition coefficient (Wildman–Crippen LogP) is -0.581. The quantitative estimate of drug-likeness (QED) is 0.695. The Balaban J connectivity index is 2.14. The SMILES string of the molecule is Cc1nnsc1C(=O)N1CCNC(=O)C1. The van der Waals surface area contributed by atoms with Crippen LogP contribution in [0.25, 0.3) is 0 Å². The van der Waals surface area contributed by atoms with Crippen molar-refractivity contribution >= 4 is 23.3 Å². The summed E-state index contributed by atoms with van der Waals surface area (Å²) in [6.07, 6.45) is 0. The summed E-state index contributed by atoms with van der Waals surface area (Å²) in [4.78, 5) is 25.0. The van der Waals surface area contributed by atoms with Gasteiger partial charge in [-0.1, -0.05) is 4.49 Å². The number of amides is 2. The number of hydrogen-bond donors (Lipinski definition) is 1. The lowest BCUT2D eigenvalue weighted by Crippen LogP contribution is -2.49. The molecule has 0 spiro atoms. The minimum Gasteiger partial charge on any atom is -0.353 e. The monoisotopic (exact) mass is 226 g/mol. The molecule has 0 atom stereocenters. The summed E-state index contributed by atoms with van der Waals surface area (Å²) >= 11 is 1.07. The molecule has 0 bridgehead atoms. The Morgan fingerprint density at radius 1 is 1.60 bits per heavy atom. The van der Waals surface area contributed by atoms with Gasteiger partial charge in [-0.05, 0) is 18.5 Å². The van der Waals surface area contributed by atoms with E-state index in [-0.39, 0.29) is 18.4 Å².